The molecule has 0 aliphatic carbocycles. The van der Waals surface area contributed by atoms with Gasteiger partial charge < -0.3 is 9.88 Å². The minimum absolute atomic E-state index is 0.131. The van der Waals surface area contributed by atoms with Gasteiger partial charge in [-0.25, -0.2) is 4.99 Å². The van der Waals surface area contributed by atoms with Crippen LogP contribution in [0.15, 0.2) is 76.8 Å². The highest BCUT2D eigenvalue weighted by Gasteiger charge is 2.24. The number of amidine groups is 1. The number of carbonyl (C=O) groups excluding carboxylic acids is 1. The van der Waals surface area contributed by atoms with Gasteiger partial charge in [0.15, 0.2) is 5.17 Å². The van der Waals surface area contributed by atoms with Gasteiger partial charge in [-0.1, -0.05) is 30.3 Å². The van der Waals surface area contributed by atoms with Crippen LogP contribution in [0.4, 0.5) is 5.82 Å². The van der Waals surface area contributed by atoms with Crippen LogP contribution in [0, 0.1) is 0 Å². The smallest absolute Gasteiger partial charge is 0.264 e. The number of aliphatic imine (C=N–C) groups is 1. The van der Waals surface area contributed by atoms with E-state index in [1.165, 1.54) is 11.8 Å². The van der Waals surface area contributed by atoms with E-state index in [9.17, 15) is 4.79 Å². The largest absolute Gasteiger partial charge is 0.329 e. The zero-order chi connectivity index (χ0) is 19.1. The molecule has 0 radical (unpaired) electrons. The first kappa shape index (κ1) is 16.8. The fourth-order valence-electron chi connectivity index (χ4n) is 3.30. The number of aryl methyl sites for hydroxylation is 1. The van der Waals surface area contributed by atoms with E-state index in [-0.39, 0.29) is 5.91 Å². The highest BCUT2D eigenvalue weighted by atomic mass is 32.2. The summed E-state index contributed by atoms with van der Waals surface area (Å²) < 4.78 is 2.02. The van der Waals surface area contributed by atoms with E-state index in [1.807, 2.05) is 66.2 Å². The van der Waals surface area contributed by atoms with Gasteiger partial charge in [0.25, 0.3) is 5.91 Å². The molecule has 2 aromatic heterocycles. The van der Waals surface area contributed by atoms with Crippen LogP contribution in [0.5, 0.6) is 0 Å². The topological polar surface area (TPSA) is 59.3 Å². The molecule has 1 N–H and O–H groups in total. The number of aromatic nitrogens is 2. The second-order valence-corrected chi connectivity index (χ2v) is 7.59. The standard InChI is InChI=1S/C22H16N4OS/c1-26-18-7-3-2-5-16(18)13-20(26)24-22-25-21(27)19(28-22)12-14-8-9-17-15(11-14)6-4-10-23-17/h2-13H,1H3,(H,24,25,27)/b19-12-. The van der Waals surface area contributed by atoms with Gasteiger partial charge in [-0.05, 0) is 53.7 Å². The van der Waals surface area contributed by atoms with Crippen LogP contribution in [0.25, 0.3) is 27.9 Å². The van der Waals surface area contributed by atoms with Crippen molar-refractivity contribution in [2.24, 2.45) is 12.0 Å². The van der Waals surface area contributed by atoms with Gasteiger partial charge in [0, 0.05) is 29.5 Å². The molecule has 1 aliphatic heterocycles. The molecule has 4 aromatic rings. The highest BCUT2D eigenvalue weighted by Crippen LogP contribution is 2.30. The molecule has 3 heterocycles. The Morgan fingerprint density at radius 1 is 1.07 bits per heavy atom. The van der Waals surface area contributed by atoms with Gasteiger partial charge in [-0.15, -0.1) is 0 Å². The van der Waals surface area contributed by atoms with Gasteiger partial charge in [0.2, 0.25) is 0 Å². The van der Waals surface area contributed by atoms with Crippen molar-refractivity contribution in [2.45, 2.75) is 0 Å². The van der Waals surface area contributed by atoms with Crippen LogP contribution in [0.2, 0.25) is 0 Å². The van der Waals surface area contributed by atoms with Crippen molar-refractivity contribution in [2.75, 3.05) is 0 Å². The number of nitrogens with zero attached hydrogens (tertiary/aromatic N) is 3. The fourth-order valence-corrected chi connectivity index (χ4v) is 4.13. The summed E-state index contributed by atoms with van der Waals surface area (Å²) in [5, 5.41) is 5.62. The van der Waals surface area contributed by atoms with E-state index in [4.69, 9.17) is 0 Å². The van der Waals surface area contributed by atoms with Crippen LogP contribution >= 0.6 is 11.8 Å². The molecule has 0 spiro atoms. The number of nitrogens with one attached hydrogen (secondary N) is 1. The molecule has 5 rings (SSSR count). The summed E-state index contributed by atoms with van der Waals surface area (Å²) in [4.78, 5) is 22.0. The molecular weight excluding hydrogens is 368 g/mol. The lowest BCUT2D eigenvalue weighted by atomic mass is 10.1. The lowest BCUT2D eigenvalue weighted by Crippen LogP contribution is -2.19. The lowest BCUT2D eigenvalue weighted by molar-refractivity contribution is -0.115. The Labute approximate surface area is 165 Å². The summed E-state index contributed by atoms with van der Waals surface area (Å²) >= 11 is 1.35. The van der Waals surface area contributed by atoms with Gasteiger partial charge in [-0.3, -0.25) is 9.78 Å². The van der Waals surface area contributed by atoms with Crippen LogP contribution < -0.4 is 5.32 Å². The molecule has 1 fully saturated rings. The molecule has 0 unspecified atom stereocenters. The molecular formula is C22H16N4OS. The molecule has 0 bridgehead atoms. The second kappa shape index (κ2) is 6.65. The fraction of sp³-hybridized carbons (Fsp3) is 0.0455. The molecule has 2 aromatic carbocycles. The van der Waals surface area contributed by atoms with Crippen molar-refractivity contribution in [3.8, 4) is 0 Å². The number of para-hydroxylation sites is 1. The Morgan fingerprint density at radius 3 is 2.82 bits per heavy atom. The number of hydrogen-bond acceptors (Lipinski definition) is 4. The monoisotopic (exact) mass is 384 g/mol. The van der Waals surface area contributed by atoms with E-state index in [2.05, 4.69) is 27.4 Å². The van der Waals surface area contributed by atoms with E-state index < -0.39 is 0 Å². The normalized spacial score (nSPS) is 17.1. The van der Waals surface area contributed by atoms with Gasteiger partial charge >= 0.3 is 0 Å². The van der Waals surface area contributed by atoms with Crippen molar-refractivity contribution in [3.05, 3.63) is 77.3 Å². The van der Waals surface area contributed by atoms with Crippen LogP contribution in [-0.4, -0.2) is 20.6 Å². The Bertz CT molecular complexity index is 1300. The maximum atomic E-state index is 12.4. The van der Waals surface area contributed by atoms with Crippen LogP contribution in [0.3, 0.4) is 0 Å². The zero-order valence-corrected chi connectivity index (χ0v) is 15.9. The average molecular weight is 384 g/mol. The SMILES string of the molecule is Cn1c(N=C2NC(=O)/C(=C/c3ccc4ncccc4c3)S2)cc2ccccc21. The molecule has 1 amide bonds. The molecule has 6 heteroatoms. The highest BCUT2D eigenvalue weighted by molar-refractivity contribution is 8.18. The average Bonchev–Trinajstić information content (AvgIpc) is 3.21. The van der Waals surface area contributed by atoms with Crippen LogP contribution in [0.1, 0.15) is 5.56 Å². The predicted molar refractivity (Wildman–Crippen MR) is 115 cm³/mol. The van der Waals surface area contributed by atoms with Gasteiger partial charge in [0.1, 0.15) is 5.82 Å². The molecule has 1 saturated heterocycles. The Balaban J connectivity index is 1.46. The van der Waals surface area contributed by atoms with E-state index in [0.29, 0.717) is 10.1 Å². The minimum atomic E-state index is -0.131. The lowest BCUT2D eigenvalue weighted by Gasteiger charge is -2.00. The first-order valence-electron chi connectivity index (χ1n) is 8.86. The number of benzene rings is 2. The summed E-state index contributed by atoms with van der Waals surface area (Å²) in [6, 6.07) is 20.0. The number of amides is 1. The summed E-state index contributed by atoms with van der Waals surface area (Å²) in [5.41, 5.74) is 3.01. The van der Waals surface area contributed by atoms with Crippen molar-refractivity contribution in [1.82, 2.24) is 14.9 Å². The van der Waals surface area contributed by atoms with E-state index >= 15 is 0 Å². The number of pyridine rings is 1. The minimum Gasteiger partial charge on any atom is -0.329 e. The quantitative estimate of drug-likeness (QED) is 0.513. The number of thioether (sulfide) groups is 1. The van der Waals surface area contributed by atoms with Crippen molar-refractivity contribution >= 4 is 56.5 Å². The summed E-state index contributed by atoms with van der Waals surface area (Å²) in [6.45, 7) is 0. The number of rotatable bonds is 2. The number of hydrogen-bond donors (Lipinski definition) is 1. The molecule has 1 aliphatic rings. The molecule has 0 atom stereocenters. The third-order valence-electron chi connectivity index (χ3n) is 4.72. The first-order valence-corrected chi connectivity index (χ1v) is 9.68. The van der Waals surface area contributed by atoms with Crippen molar-refractivity contribution < 1.29 is 4.79 Å². The van der Waals surface area contributed by atoms with Crippen molar-refractivity contribution in [1.29, 1.82) is 0 Å². The maximum absolute atomic E-state index is 12.4. The van der Waals surface area contributed by atoms with E-state index in [1.54, 1.807) is 6.20 Å². The zero-order valence-electron chi connectivity index (χ0n) is 15.1. The Hall–Kier alpha value is -3.38. The summed E-state index contributed by atoms with van der Waals surface area (Å²) in [5.74, 6) is 0.677. The number of carbonyl (C=O) groups is 1. The predicted octanol–water partition coefficient (Wildman–Crippen LogP) is 4.62. The third-order valence-corrected chi connectivity index (χ3v) is 5.63. The second-order valence-electron chi connectivity index (χ2n) is 6.56. The molecule has 0 saturated carbocycles. The Morgan fingerprint density at radius 2 is 1.93 bits per heavy atom. The van der Waals surface area contributed by atoms with Gasteiger partial charge in [-0.2, -0.15) is 0 Å². The van der Waals surface area contributed by atoms with Gasteiger partial charge in [0.05, 0.1) is 10.4 Å². The molecule has 5 nitrogen and oxygen atoms in total. The van der Waals surface area contributed by atoms with Crippen LogP contribution in [-0.2, 0) is 11.8 Å². The summed E-state index contributed by atoms with van der Waals surface area (Å²) in [6.07, 6.45) is 3.66. The summed E-state index contributed by atoms with van der Waals surface area (Å²) in [7, 11) is 1.98. The Kier molecular flexibility index (Phi) is 3.98. The number of fused-ring (bicyclic) bond motifs is 2. The van der Waals surface area contributed by atoms with Crippen molar-refractivity contribution in [3.63, 3.8) is 0 Å². The maximum Gasteiger partial charge on any atom is 0.264 e. The van der Waals surface area contributed by atoms with E-state index in [0.717, 1.165) is 33.2 Å². The molecule has 28 heavy (non-hydrogen) atoms. The first-order chi connectivity index (χ1) is 13.7. The molecule has 136 valence electrons. The third kappa shape index (κ3) is 2.97.